The molecular formula is C12H13N3O3. The van der Waals surface area contributed by atoms with Gasteiger partial charge in [-0.3, -0.25) is 4.79 Å². The number of nitrogens with one attached hydrogen (secondary N) is 2. The molecule has 94 valence electrons. The zero-order valence-electron chi connectivity index (χ0n) is 9.55. The third kappa shape index (κ3) is 2.60. The fourth-order valence-corrected chi connectivity index (χ4v) is 1.58. The van der Waals surface area contributed by atoms with E-state index in [1.165, 1.54) is 18.2 Å². The van der Waals surface area contributed by atoms with Crippen molar-refractivity contribution in [3.63, 3.8) is 0 Å². The van der Waals surface area contributed by atoms with Crippen LogP contribution >= 0.6 is 0 Å². The number of benzene rings is 1. The summed E-state index contributed by atoms with van der Waals surface area (Å²) in [5, 5.41) is 21.6. The average Bonchev–Trinajstić information content (AvgIpc) is 2.82. The molecular weight excluding hydrogens is 234 g/mol. The van der Waals surface area contributed by atoms with Crippen molar-refractivity contribution in [2.24, 2.45) is 0 Å². The number of imidazole rings is 1. The van der Waals surface area contributed by atoms with E-state index in [0.717, 1.165) is 5.82 Å². The fourth-order valence-electron chi connectivity index (χ4n) is 1.58. The summed E-state index contributed by atoms with van der Waals surface area (Å²) in [6, 6.07) is 4.16. The van der Waals surface area contributed by atoms with E-state index in [1.807, 2.05) is 0 Å². The average molecular weight is 247 g/mol. The van der Waals surface area contributed by atoms with Crippen LogP contribution in [0.2, 0.25) is 0 Å². The van der Waals surface area contributed by atoms with E-state index in [-0.39, 0.29) is 17.1 Å². The first-order chi connectivity index (χ1) is 8.68. The van der Waals surface area contributed by atoms with Crippen LogP contribution < -0.4 is 5.32 Å². The summed E-state index contributed by atoms with van der Waals surface area (Å²) in [4.78, 5) is 18.7. The highest BCUT2D eigenvalue weighted by Crippen LogP contribution is 2.25. The van der Waals surface area contributed by atoms with E-state index in [4.69, 9.17) is 0 Å². The van der Waals surface area contributed by atoms with Crippen LogP contribution in [0.15, 0.2) is 30.6 Å². The number of aromatic hydroxyl groups is 2. The lowest BCUT2D eigenvalue weighted by Crippen LogP contribution is -2.26. The highest BCUT2D eigenvalue weighted by atomic mass is 16.3. The quantitative estimate of drug-likeness (QED) is 0.642. The van der Waals surface area contributed by atoms with Crippen molar-refractivity contribution in [1.82, 2.24) is 15.3 Å². The summed E-state index contributed by atoms with van der Waals surface area (Å²) in [7, 11) is 0. The summed E-state index contributed by atoms with van der Waals surface area (Å²) < 4.78 is 0. The number of aromatic nitrogens is 2. The van der Waals surface area contributed by atoms with E-state index in [9.17, 15) is 15.0 Å². The van der Waals surface area contributed by atoms with Gasteiger partial charge in [-0.1, -0.05) is 6.07 Å². The third-order valence-electron chi connectivity index (χ3n) is 2.45. The number of carbonyl (C=O) groups excluding carboxylic acids is 1. The minimum Gasteiger partial charge on any atom is -0.507 e. The Labute approximate surface area is 103 Å². The van der Waals surface area contributed by atoms with Crippen LogP contribution in [-0.4, -0.2) is 32.6 Å². The third-order valence-corrected chi connectivity index (χ3v) is 2.45. The van der Waals surface area contributed by atoms with Gasteiger partial charge in [-0.05, 0) is 12.1 Å². The van der Waals surface area contributed by atoms with Gasteiger partial charge in [0, 0.05) is 25.4 Å². The number of hydrogen-bond acceptors (Lipinski definition) is 4. The van der Waals surface area contributed by atoms with Crippen LogP contribution in [0, 0.1) is 0 Å². The Hall–Kier alpha value is -2.50. The summed E-state index contributed by atoms with van der Waals surface area (Å²) in [5.41, 5.74) is -0.114. The predicted molar refractivity (Wildman–Crippen MR) is 64.4 cm³/mol. The minimum absolute atomic E-state index is 0.114. The van der Waals surface area contributed by atoms with Crippen molar-refractivity contribution in [2.75, 3.05) is 6.54 Å². The molecule has 2 rings (SSSR count). The molecule has 0 bridgehead atoms. The standard InChI is InChI=1S/C12H13N3O3/c16-8-2-1-3-9(17)11(8)12(18)15-5-4-10-13-6-7-14-10/h1-3,6-7,16-17H,4-5H2,(H,13,14)(H,15,18). The Bertz CT molecular complexity index is 517. The molecule has 2 aromatic rings. The van der Waals surface area contributed by atoms with Gasteiger partial charge in [-0.2, -0.15) is 0 Å². The molecule has 0 spiro atoms. The molecule has 6 nitrogen and oxygen atoms in total. The van der Waals surface area contributed by atoms with Crippen molar-refractivity contribution >= 4 is 5.91 Å². The number of aromatic amines is 1. The van der Waals surface area contributed by atoms with E-state index in [1.54, 1.807) is 12.4 Å². The topological polar surface area (TPSA) is 98.2 Å². The molecule has 0 radical (unpaired) electrons. The van der Waals surface area contributed by atoms with Crippen molar-refractivity contribution in [3.05, 3.63) is 42.0 Å². The maximum atomic E-state index is 11.8. The zero-order chi connectivity index (χ0) is 13.0. The Balaban J connectivity index is 1.96. The van der Waals surface area contributed by atoms with Crippen molar-refractivity contribution in [2.45, 2.75) is 6.42 Å². The molecule has 0 atom stereocenters. The summed E-state index contributed by atoms with van der Waals surface area (Å²) >= 11 is 0. The van der Waals surface area contributed by atoms with Gasteiger partial charge in [0.15, 0.2) is 0 Å². The van der Waals surface area contributed by atoms with E-state index in [2.05, 4.69) is 15.3 Å². The maximum Gasteiger partial charge on any atom is 0.258 e. The monoisotopic (exact) mass is 247 g/mol. The highest BCUT2D eigenvalue weighted by molar-refractivity contribution is 5.99. The van der Waals surface area contributed by atoms with Crippen LogP contribution in [0.4, 0.5) is 0 Å². The number of hydrogen-bond donors (Lipinski definition) is 4. The number of H-pyrrole nitrogens is 1. The SMILES string of the molecule is O=C(NCCc1ncc[nH]1)c1c(O)cccc1O. The first-order valence-electron chi connectivity index (χ1n) is 5.46. The van der Waals surface area contributed by atoms with Gasteiger partial charge in [0.05, 0.1) is 0 Å². The molecule has 1 aromatic heterocycles. The number of carbonyl (C=O) groups is 1. The largest absolute Gasteiger partial charge is 0.507 e. The van der Waals surface area contributed by atoms with Crippen LogP contribution in [-0.2, 0) is 6.42 Å². The van der Waals surface area contributed by atoms with E-state index < -0.39 is 5.91 Å². The van der Waals surface area contributed by atoms with Crippen molar-refractivity contribution in [1.29, 1.82) is 0 Å². The van der Waals surface area contributed by atoms with Gasteiger partial charge < -0.3 is 20.5 Å². The van der Waals surface area contributed by atoms with E-state index in [0.29, 0.717) is 13.0 Å². The lowest BCUT2D eigenvalue weighted by atomic mass is 10.1. The number of amides is 1. The summed E-state index contributed by atoms with van der Waals surface area (Å²) in [5.74, 6) is -0.245. The number of nitrogens with zero attached hydrogens (tertiary/aromatic N) is 1. The summed E-state index contributed by atoms with van der Waals surface area (Å²) in [6.07, 6.45) is 3.88. The smallest absolute Gasteiger partial charge is 0.258 e. The second-order valence-corrected chi connectivity index (χ2v) is 3.71. The molecule has 6 heteroatoms. The maximum absolute atomic E-state index is 11.8. The number of phenolic OH excluding ortho intramolecular Hbond substituents is 2. The molecule has 18 heavy (non-hydrogen) atoms. The van der Waals surface area contributed by atoms with Gasteiger partial charge >= 0.3 is 0 Å². The molecule has 1 aromatic carbocycles. The lowest BCUT2D eigenvalue weighted by molar-refractivity contribution is 0.0948. The van der Waals surface area contributed by atoms with Crippen LogP contribution in [0.25, 0.3) is 0 Å². The van der Waals surface area contributed by atoms with Gasteiger partial charge in [0.2, 0.25) is 0 Å². The fraction of sp³-hybridized carbons (Fsp3) is 0.167. The van der Waals surface area contributed by atoms with Gasteiger partial charge in [0.1, 0.15) is 22.9 Å². The van der Waals surface area contributed by atoms with Crippen molar-refractivity contribution < 1.29 is 15.0 Å². The first kappa shape index (κ1) is 12.0. The van der Waals surface area contributed by atoms with E-state index >= 15 is 0 Å². The second-order valence-electron chi connectivity index (χ2n) is 3.71. The first-order valence-corrected chi connectivity index (χ1v) is 5.46. The molecule has 0 aliphatic heterocycles. The van der Waals surface area contributed by atoms with Gasteiger partial charge in [-0.15, -0.1) is 0 Å². The molecule has 1 amide bonds. The molecule has 0 saturated heterocycles. The van der Waals surface area contributed by atoms with Gasteiger partial charge in [0.25, 0.3) is 5.91 Å². The molecule has 0 fully saturated rings. The van der Waals surface area contributed by atoms with Crippen molar-refractivity contribution in [3.8, 4) is 11.5 Å². The normalized spacial score (nSPS) is 10.2. The molecule has 1 heterocycles. The van der Waals surface area contributed by atoms with Crippen LogP contribution in [0.3, 0.4) is 0 Å². The Morgan fingerprint density at radius 3 is 2.67 bits per heavy atom. The molecule has 0 saturated carbocycles. The predicted octanol–water partition coefficient (Wildman–Crippen LogP) is 0.793. The molecule has 4 N–H and O–H groups in total. The highest BCUT2D eigenvalue weighted by Gasteiger charge is 2.15. The Kier molecular flexibility index (Phi) is 3.47. The number of phenols is 2. The Morgan fingerprint density at radius 1 is 1.33 bits per heavy atom. The summed E-state index contributed by atoms with van der Waals surface area (Å²) in [6.45, 7) is 0.361. The lowest BCUT2D eigenvalue weighted by Gasteiger charge is -2.07. The minimum atomic E-state index is -0.517. The van der Waals surface area contributed by atoms with Crippen LogP contribution in [0.5, 0.6) is 11.5 Å². The zero-order valence-corrected chi connectivity index (χ0v) is 9.55. The number of rotatable bonds is 4. The van der Waals surface area contributed by atoms with Crippen LogP contribution in [0.1, 0.15) is 16.2 Å². The molecule has 0 aliphatic rings. The molecule has 0 aliphatic carbocycles. The molecule has 0 unspecified atom stereocenters. The second kappa shape index (κ2) is 5.22. The van der Waals surface area contributed by atoms with Gasteiger partial charge in [-0.25, -0.2) is 4.98 Å². The Morgan fingerprint density at radius 2 is 2.06 bits per heavy atom.